The Morgan fingerprint density at radius 3 is 2.81 bits per heavy atom. The number of aromatic nitrogens is 3. The number of nitrogens with one attached hydrogen (secondary N) is 1. The van der Waals surface area contributed by atoms with Gasteiger partial charge in [0.2, 0.25) is 0 Å². The van der Waals surface area contributed by atoms with E-state index in [-0.39, 0.29) is 18.0 Å². The Balaban J connectivity index is 1.60. The van der Waals surface area contributed by atoms with Crippen LogP contribution in [-0.4, -0.2) is 68.0 Å². The minimum absolute atomic E-state index is 0.105. The molecule has 0 amide bonds. The van der Waals surface area contributed by atoms with Crippen LogP contribution in [-0.2, 0) is 23.7 Å². The van der Waals surface area contributed by atoms with Crippen LogP contribution >= 0.6 is 0 Å². The van der Waals surface area contributed by atoms with Gasteiger partial charge in [0.25, 0.3) is 0 Å². The highest BCUT2D eigenvalue weighted by molar-refractivity contribution is 5.88. The van der Waals surface area contributed by atoms with Crippen molar-refractivity contribution in [1.29, 1.82) is 0 Å². The van der Waals surface area contributed by atoms with Gasteiger partial charge in [-0.1, -0.05) is 0 Å². The molecule has 5 atom stereocenters. The molecular formula is C19H18N4O9. The van der Waals surface area contributed by atoms with Gasteiger partial charge in [0.1, 0.15) is 18.8 Å². The summed E-state index contributed by atoms with van der Waals surface area (Å²) in [7, 11) is 0. The number of fused-ring (bicyclic) bond motifs is 1. The smallest absolute Gasteiger partial charge is 0.351 e. The molecule has 0 saturated carbocycles. The fraction of sp³-hybridized carbons (Fsp3) is 0.316. The summed E-state index contributed by atoms with van der Waals surface area (Å²) in [6.45, 7) is -0.335. The molecule has 0 bridgehead atoms. The van der Waals surface area contributed by atoms with Gasteiger partial charge in [-0.15, -0.1) is 0 Å². The van der Waals surface area contributed by atoms with Gasteiger partial charge in [0.05, 0.1) is 5.56 Å². The maximum atomic E-state index is 12.4. The van der Waals surface area contributed by atoms with Gasteiger partial charge in [-0.05, 0) is 24.3 Å². The largest absolute Gasteiger partial charge is 0.459 e. The van der Waals surface area contributed by atoms with Crippen molar-refractivity contribution < 1.29 is 38.9 Å². The summed E-state index contributed by atoms with van der Waals surface area (Å²) in [6, 6.07) is 4.37. The molecule has 0 radical (unpaired) electrons. The standard InChI is InChI=1S/C19H18N4O9/c24-13-3-4-14(25)32-16-15(31-13)11(9-29-18(26)10-2-1-6-20-8-10)30-17(16)23-7-5-12(22-28)21-19(23)27/h1-8,11,13,15-17,24,28H,9H2,(H,21,22,27)/b4-3-/t11-,13?,15?,16+,17-/m1/s1. The first-order valence-electron chi connectivity index (χ1n) is 9.40. The Hall–Kier alpha value is -3.65. The first kappa shape index (κ1) is 21.6. The zero-order chi connectivity index (χ0) is 22.7. The Morgan fingerprint density at radius 1 is 1.25 bits per heavy atom. The number of rotatable bonds is 5. The highest BCUT2D eigenvalue weighted by Gasteiger charge is 2.51. The van der Waals surface area contributed by atoms with E-state index in [0.29, 0.717) is 0 Å². The van der Waals surface area contributed by atoms with E-state index in [4.69, 9.17) is 24.2 Å². The monoisotopic (exact) mass is 446 g/mol. The van der Waals surface area contributed by atoms with Crippen molar-refractivity contribution in [2.75, 3.05) is 12.1 Å². The van der Waals surface area contributed by atoms with Gasteiger partial charge in [-0.2, -0.15) is 4.98 Å². The molecule has 13 nitrogen and oxygen atoms in total. The second-order valence-corrected chi connectivity index (χ2v) is 6.77. The van der Waals surface area contributed by atoms with Crippen molar-refractivity contribution in [1.82, 2.24) is 14.5 Å². The third-order valence-electron chi connectivity index (χ3n) is 4.73. The van der Waals surface area contributed by atoms with Gasteiger partial charge in [-0.25, -0.2) is 14.4 Å². The van der Waals surface area contributed by atoms with Gasteiger partial charge in [-0.3, -0.25) is 20.2 Å². The third kappa shape index (κ3) is 4.50. The summed E-state index contributed by atoms with van der Waals surface area (Å²) in [5.74, 6) is -1.58. The lowest BCUT2D eigenvalue weighted by Crippen LogP contribution is -2.43. The molecule has 2 aliphatic rings. The molecule has 168 valence electrons. The summed E-state index contributed by atoms with van der Waals surface area (Å²) in [4.78, 5) is 44.2. The third-order valence-corrected chi connectivity index (χ3v) is 4.73. The number of carbonyl (C=O) groups excluding carboxylic acids is 2. The van der Waals surface area contributed by atoms with E-state index in [2.05, 4.69) is 9.97 Å². The zero-order valence-electron chi connectivity index (χ0n) is 16.3. The minimum Gasteiger partial charge on any atom is -0.459 e. The van der Waals surface area contributed by atoms with Crippen LogP contribution in [0.2, 0.25) is 0 Å². The van der Waals surface area contributed by atoms with Crippen molar-refractivity contribution in [2.24, 2.45) is 0 Å². The normalized spacial score (nSPS) is 28.1. The molecule has 0 aliphatic carbocycles. The fourth-order valence-corrected chi connectivity index (χ4v) is 3.29. The second kappa shape index (κ2) is 9.23. The molecule has 2 aliphatic heterocycles. The Labute approximate surface area is 179 Å². The molecule has 0 aromatic carbocycles. The molecule has 2 aromatic heterocycles. The van der Waals surface area contributed by atoms with Gasteiger partial charge in [0.15, 0.2) is 24.4 Å². The number of ether oxygens (including phenoxy) is 4. The summed E-state index contributed by atoms with van der Waals surface area (Å²) in [6.07, 6.45) is 0.190. The van der Waals surface area contributed by atoms with Gasteiger partial charge in [0, 0.05) is 24.7 Å². The lowest BCUT2D eigenvalue weighted by molar-refractivity contribution is -0.174. The summed E-state index contributed by atoms with van der Waals surface area (Å²) < 4.78 is 23.0. The number of carbonyl (C=O) groups is 2. The molecule has 4 rings (SSSR count). The second-order valence-electron chi connectivity index (χ2n) is 6.77. The first-order chi connectivity index (χ1) is 15.5. The van der Waals surface area contributed by atoms with Crippen LogP contribution in [0.15, 0.2) is 53.7 Å². The lowest BCUT2D eigenvalue weighted by atomic mass is 10.1. The van der Waals surface area contributed by atoms with Crippen LogP contribution < -0.4 is 11.2 Å². The lowest BCUT2D eigenvalue weighted by Gasteiger charge is -2.27. The SMILES string of the molecule is O=C1/C=C\C(O)OC2[C@@H](COC(=O)c3cccnc3)O[C@@H](n3ccc(NO)nc3=O)[C@H]2O1. The average Bonchev–Trinajstić information content (AvgIpc) is 3.11. The number of anilines is 1. The van der Waals surface area contributed by atoms with Crippen LogP contribution in [0.4, 0.5) is 5.82 Å². The Bertz CT molecular complexity index is 1070. The number of hydrogen-bond donors (Lipinski definition) is 3. The van der Waals surface area contributed by atoms with E-state index in [9.17, 15) is 19.5 Å². The minimum atomic E-state index is -1.47. The van der Waals surface area contributed by atoms with Crippen molar-refractivity contribution in [3.05, 3.63) is 65.0 Å². The van der Waals surface area contributed by atoms with Crippen LogP contribution in [0.5, 0.6) is 0 Å². The molecule has 13 heteroatoms. The number of pyridine rings is 1. The van der Waals surface area contributed by atoms with E-state index >= 15 is 0 Å². The Morgan fingerprint density at radius 2 is 2.09 bits per heavy atom. The van der Waals surface area contributed by atoms with Gasteiger partial charge >= 0.3 is 17.6 Å². The maximum Gasteiger partial charge on any atom is 0.351 e. The van der Waals surface area contributed by atoms with Crippen LogP contribution in [0.3, 0.4) is 0 Å². The van der Waals surface area contributed by atoms with E-state index in [1.54, 1.807) is 11.5 Å². The highest BCUT2D eigenvalue weighted by atomic mass is 16.7. The predicted octanol–water partition coefficient (Wildman–Crippen LogP) is -0.621. The molecule has 1 fully saturated rings. The number of nitrogens with zero attached hydrogens (tertiary/aromatic N) is 3. The summed E-state index contributed by atoms with van der Waals surface area (Å²) >= 11 is 0. The highest BCUT2D eigenvalue weighted by Crippen LogP contribution is 2.35. The molecule has 1 saturated heterocycles. The number of hydrogen-bond acceptors (Lipinski definition) is 12. The molecule has 2 aromatic rings. The fourth-order valence-electron chi connectivity index (χ4n) is 3.29. The molecule has 32 heavy (non-hydrogen) atoms. The zero-order valence-corrected chi connectivity index (χ0v) is 16.3. The van der Waals surface area contributed by atoms with Crippen molar-refractivity contribution >= 4 is 17.8 Å². The average molecular weight is 446 g/mol. The van der Waals surface area contributed by atoms with Gasteiger partial charge < -0.3 is 24.1 Å². The van der Waals surface area contributed by atoms with Crippen molar-refractivity contribution in [2.45, 2.75) is 30.8 Å². The number of aliphatic hydroxyl groups is 1. The van der Waals surface area contributed by atoms with E-state index in [1.165, 1.54) is 30.7 Å². The van der Waals surface area contributed by atoms with E-state index in [0.717, 1.165) is 16.7 Å². The molecular weight excluding hydrogens is 428 g/mol. The predicted molar refractivity (Wildman–Crippen MR) is 102 cm³/mol. The first-order valence-corrected chi connectivity index (χ1v) is 9.40. The van der Waals surface area contributed by atoms with Crippen LogP contribution in [0.25, 0.3) is 0 Å². The molecule has 2 unspecified atom stereocenters. The molecule has 0 spiro atoms. The summed E-state index contributed by atoms with van der Waals surface area (Å²) in [5.41, 5.74) is 1.13. The van der Waals surface area contributed by atoms with Crippen LogP contribution in [0.1, 0.15) is 16.6 Å². The van der Waals surface area contributed by atoms with Crippen molar-refractivity contribution in [3.63, 3.8) is 0 Å². The maximum absolute atomic E-state index is 12.4. The topological polar surface area (TPSA) is 171 Å². The Kier molecular flexibility index (Phi) is 6.23. The molecule has 4 heterocycles. The molecule has 3 N–H and O–H groups in total. The van der Waals surface area contributed by atoms with Crippen LogP contribution in [0, 0.1) is 0 Å². The van der Waals surface area contributed by atoms with E-state index in [1.807, 2.05) is 0 Å². The number of esters is 2. The summed E-state index contributed by atoms with van der Waals surface area (Å²) in [5, 5.41) is 19.0. The van der Waals surface area contributed by atoms with E-state index < -0.39 is 48.5 Å². The van der Waals surface area contributed by atoms with Crippen molar-refractivity contribution in [3.8, 4) is 0 Å². The number of aliphatic hydroxyl groups excluding tert-OH is 1. The quantitative estimate of drug-likeness (QED) is 0.393.